The number of hydrogen-bond donors (Lipinski definition) is 1. The highest BCUT2D eigenvalue weighted by Gasteiger charge is 2.46. The Morgan fingerprint density at radius 3 is 2.43 bits per heavy atom. The maximum atomic E-state index is 4.73. The van der Waals surface area contributed by atoms with Crippen LogP contribution in [0, 0.1) is 0 Å². The normalized spacial score (nSPS) is 19.3. The van der Waals surface area contributed by atoms with Gasteiger partial charge in [0, 0.05) is 18.8 Å². The molecule has 1 aliphatic rings. The van der Waals surface area contributed by atoms with E-state index in [-0.39, 0.29) is 5.54 Å². The van der Waals surface area contributed by atoms with Crippen molar-refractivity contribution < 1.29 is 0 Å². The van der Waals surface area contributed by atoms with Crippen molar-refractivity contribution in [1.82, 2.24) is 20.0 Å². The van der Waals surface area contributed by atoms with Crippen molar-refractivity contribution in [1.29, 1.82) is 0 Å². The third-order valence-electron chi connectivity index (χ3n) is 5.03. The Morgan fingerprint density at radius 2 is 1.95 bits per heavy atom. The molecule has 0 radical (unpaired) electrons. The van der Waals surface area contributed by atoms with E-state index in [2.05, 4.69) is 43.3 Å². The van der Waals surface area contributed by atoms with Crippen LogP contribution < -0.4 is 5.32 Å². The summed E-state index contributed by atoms with van der Waals surface area (Å²) in [6, 6.07) is 2.54. The first-order valence-electron chi connectivity index (χ1n) is 8.66. The van der Waals surface area contributed by atoms with E-state index in [9.17, 15) is 0 Å². The molecule has 1 aromatic heterocycles. The van der Waals surface area contributed by atoms with Crippen LogP contribution in [-0.2, 0) is 7.05 Å². The number of rotatable bonds is 8. The highest BCUT2D eigenvalue weighted by atomic mass is 15.3. The first kappa shape index (κ1) is 16.5. The van der Waals surface area contributed by atoms with Gasteiger partial charge in [0.2, 0.25) is 0 Å². The molecular weight excluding hydrogens is 260 g/mol. The summed E-state index contributed by atoms with van der Waals surface area (Å²) in [7, 11) is 2.01. The highest BCUT2D eigenvalue weighted by Crippen LogP contribution is 2.44. The molecule has 1 aromatic rings. The average molecular weight is 292 g/mol. The smallest absolute Gasteiger partial charge is 0.0812 e. The van der Waals surface area contributed by atoms with Crippen LogP contribution in [0.3, 0.4) is 0 Å². The Hall–Kier alpha value is -0.870. The van der Waals surface area contributed by atoms with Gasteiger partial charge in [-0.25, -0.2) is 0 Å². The third-order valence-corrected chi connectivity index (χ3v) is 5.03. The molecule has 1 fully saturated rings. The van der Waals surface area contributed by atoms with Gasteiger partial charge in [-0.15, -0.1) is 0 Å². The molecule has 1 unspecified atom stereocenters. The van der Waals surface area contributed by atoms with Crippen LogP contribution in [0.4, 0.5) is 0 Å². The summed E-state index contributed by atoms with van der Waals surface area (Å²) in [5, 5.41) is 8.55. The number of aryl methyl sites for hydroxylation is 1. The molecule has 120 valence electrons. The van der Waals surface area contributed by atoms with Crippen molar-refractivity contribution in [2.45, 2.75) is 64.5 Å². The van der Waals surface area contributed by atoms with Gasteiger partial charge in [-0.05, 0) is 45.0 Å². The summed E-state index contributed by atoms with van der Waals surface area (Å²) >= 11 is 0. The number of hydrogen-bond acceptors (Lipinski definition) is 3. The highest BCUT2D eigenvalue weighted by molar-refractivity contribution is 5.16. The van der Waals surface area contributed by atoms with Crippen LogP contribution in [0.2, 0.25) is 0 Å². The summed E-state index contributed by atoms with van der Waals surface area (Å²) in [6.45, 7) is 10.1. The standard InChI is InChI=1S/C17H32N4/c1-5-13-18-16(15-10-14-20(4)19-15)17(11-8-9-12-17)21(6-2)7-3/h10,14,16,18H,5-9,11-13H2,1-4H3. The fourth-order valence-electron chi connectivity index (χ4n) is 4.07. The lowest BCUT2D eigenvalue weighted by Gasteiger charge is -2.46. The Balaban J connectivity index is 2.35. The van der Waals surface area contributed by atoms with Crippen LogP contribution in [0.1, 0.15) is 64.6 Å². The topological polar surface area (TPSA) is 33.1 Å². The fraction of sp³-hybridized carbons (Fsp3) is 0.824. The fourth-order valence-corrected chi connectivity index (χ4v) is 4.07. The van der Waals surface area contributed by atoms with E-state index in [1.54, 1.807) is 0 Å². The summed E-state index contributed by atoms with van der Waals surface area (Å²) in [5.41, 5.74) is 1.45. The molecular formula is C17H32N4. The van der Waals surface area contributed by atoms with Gasteiger partial charge in [0.05, 0.1) is 11.7 Å². The third kappa shape index (κ3) is 3.32. The molecule has 1 aliphatic carbocycles. The van der Waals surface area contributed by atoms with E-state index in [4.69, 9.17) is 5.10 Å². The second-order valence-electron chi connectivity index (χ2n) is 6.28. The summed E-state index contributed by atoms with van der Waals surface area (Å²) in [6.07, 6.45) is 8.49. The van der Waals surface area contributed by atoms with Gasteiger partial charge in [-0.2, -0.15) is 5.10 Å². The Morgan fingerprint density at radius 1 is 1.29 bits per heavy atom. The van der Waals surface area contributed by atoms with Gasteiger partial charge in [0.15, 0.2) is 0 Å². The van der Waals surface area contributed by atoms with E-state index in [1.807, 2.05) is 11.7 Å². The maximum Gasteiger partial charge on any atom is 0.0812 e. The molecule has 1 saturated carbocycles. The molecule has 1 atom stereocenters. The molecule has 0 amide bonds. The molecule has 4 nitrogen and oxygen atoms in total. The van der Waals surface area contributed by atoms with Crippen molar-refractivity contribution in [3.63, 3.8) is 0 Å². The van der Waals surface area contributed by atoms with Gasteiger partial charge in [0.25, 0.3) is 0 Å². The Bertz CT molecular complexity index is 416. The first-order chi connectivity index (χ1) is 10.2. The lowest BCUT2D eigenvalue weighted by molar-refractivity contribution is 0.0608. The molecule has 0 saturated heterocycles. The second-order valence-corrected chi connectivity index (χ2v) is 6.28. The molecule has 4 heteroatoms. The molecule has 0 bridgehead atoms. The van der Waals surface area contributed by atoms with Crippen molar-refractivity contribution in [2.24, 2.45) is 7.05 Å². The minimum Gasteiger partial charge on any atom is -0.307 e. The second kappa shape index (κ2) is 7.41. The van der Waals surface area contributed by atoms with E-state index >= 15 is 0 Å². The zero-order valence-electron chi connectivity index (χ0n) is 14.2. The predicted octanol–water partition coefficient (Wildman–Crippen LogP) is 3.12. The van der Waals surface area contributed by atoms with E-state index in [0.29, 0.717) is 6.04 Å². The van der Waals surface area contributed by atoms with Crippen LogP contribution >= 0.6 is 0 Å². The van der Waals surface area contributed by atoms with Gasteiger partial charge >= 0.3 is 0 Å². The Labute approximate surface area is 129 Å². The maximum absolute atomic E-state index is 4.73. The molecule has 0 aliphatic heterocycles. The van der Waals surface area contributed by atoms with E-state index in [0.717, 1.165) is 26.1 Å². The summed E-state index contributed by atoms with van der Waals surface area (Å²) < 4.78 is 1.93. The van der Waals surface area contributed by atoms with Gasteiger partial charge < -0.3 is 5.32 Å². The number of nitrogens with one attached hydrogen (secondary N) is 1. The van der Waals surface area contributed by atoms with Crippen LogP contribution in [0.5, 0.6) is 0 Å². The monoisotopic (exact) mass is 292 g/mol. The van der Waals surface area contributed by atoms with Crippen molar-refractivity contribution in [3.05, 3.63) is 18.0 Å². The van der Waals surface area contributed by atoms with Crippen LogP contribution in [0.25, 0.3) is 0 Å². The zero-order chi connectivity index (χ0) is 15.3. The molecule has 0 spiro atoms. The first-order valence-corrected chi connectivity index (χ1v) is 8.66. The Kier molecular flexibility index (Phi) is 5.82. The number of aromatic nitrogens is 2. The molecule has 1 heterocycles. The van der Waals surface area contributed by atoms with Gasteiger partial charge in [-0.1, -0.05) is 33.6 Å². The summed E-state index contributed by atoms with van der Waals surface area (Å²) in [5.74, 6) is 0. The molecule has 1 N–H and O–H groups in total. The van der Waals surface area contributed by atoms with Crippen molar-refractivity contribution in [2.75, 3.05) is 19.6 Å². The largest absolute Gasteiger partial charge is 0.307 e. The molecule has 21 heavy (non-hydrogen) atoms. The molecule has 0 aromatic carbocycles. The minimum atomic E-state index is 0.243. The molecule has 2 rings (SSSR count). The summed E-state index contributed by atoms with van der Waals surface area (Å²) in [4.78, 5) is 2.67. The lowest BCUT2D eigenvalue weighted by atomic mass is 9.83. The minimum absolute atomic E-state index is 0.243. The average Bonchev–Trinajstić information content (AvgIpc) is 3.11. The van der Waals surface area contributed by atoms with E-state index < -0.39 is 0 Å². The van der Waals surface area contributed by atoms with Crippen LogP contribution in [-0.4, -0.2) is 39.9 Å². The SMILES string of the molecule is CCCNC(c1ccn(C)n1)C1(N(CC)CC)CCCC1. The van der Waals surface area contributed by atoms with Crippen LogP contribution in [0.15, 0.2) is 12.3 Å². The quantitative estimate of drug-likeness (QED) is 0.799. The van der Waals surface area contributed by atoms with Crippen molar-refractivity contribution >= 4 is 0 Å². The number of nitrogens with zero attached hydrogens (tertiary/aromatic N) is 3. The van der Waals surface area contributed by atoms with E-state index in [1.165, 1.54) is 31.4 Å². The predicted molar refractivity (Wildman–Crippen MR) is 88.4 cm³/mol. The number of likely N-dealkylation sites (N-methyl/N-ethyl adjacent to an activating group) is 1. The van der Waals surface area contributed by atoms with Crippen molar-refractivity contribution in [3.8, 4) is 0 Å². The lowest BCUT2D eigenvalue weighted by Crippen LogP contribution is -2.55. The van der Waals surface area contributed by atoms with Gasteiger partial charge in [-0.3, -0.25) is 9.58 Å². The zero-order valence-corrected chi connectivity index (χ0v) is 14.2. The van der Waals surface area contributed by atoms with Gasteiger partial charge in [0.1, 0.15) is 0 Å².